The molecule has 14 heavy (non-hydrogen) atoms. The molecule has 2 aliphatic carbocycles. The third-order valence-electron chi connectivity index (χ3n) is 4.52. The smallest absolute Gasteiger partial charge is 0.106 e. The van der Waals surface area contributed by atoms with Crippen LogP contribution in [-0.4, -0.2) is 12.6 Å². The van der Waals surface area contributed by atoms with E-state index in [4.69, 9.17) is 5.26 Å². The highest BCUT2D eigenvalue weighted by Crippen LogP contribution is 2.50. The van der Waals surface area contributed by atoms with Gasteiger partial charge in [0.1, 0.15) is 5.54 Å². The molecule has 0 bridgehead atoms. The zero-order chi connectivity index (χ0) is 10.1. The zero-order valence-electron chi connectivity index (χ0n) is 9.10. The first-order valence-electron chi connectivity index (χ1n) is 5.84. The molecule has 0 saturated heterocycles. The number of nitrogens with zero attached hydrogens (tertiary/aromatic N) is 1. The predicted octanol–water partition coefficient (Wildman–Crippen LogP) is 2.60. The van der Waals surface area contributed by atoms with Crippen molar-refractivity contribution in [3.05, 3.63) is 0 Å². The van der Waals surface area contributed by atoms with E-state index in [2.05, 4.69) is 11.4 Å². The third-order valence-corrected chi connectivity index (χ3v) is 4.52. The standard InChI is InChI=1S/C12H20N2/c1-14-12(10-13)8-6-11(7-9-12)4-2-3-5-11/h14H,2-9H2,1H3. The Morgan fingerprint density at radius 1 is 1.00 bits per heavy atom. The Labute approximate surface area is 86.7 Å². The van der Waals surface area contributed by atoms with Gasteiger partial charge in [0, 0.05) is 0 Å². The molecule has 1 spiro atoms. The van der Waals surface area contributed by atoms with Crippen LogP contribution >= 0.6 is 0 Å². The van der Waals surface area contributed by atoms with E-state index in [0.29, 0.717) is 5.41 Å². The molecule has 0 unspecified atom stereocenters. The van der Waals surface area contributed by atoms with Crippen molar-refractivity contribution in [1.82, 2.24) is 5.32 Å². The monoisotopic (exact) mass is 192 g/mol. The molecule has 0 heterocycles. The van der Waals surface area contributed by atoms with Gasteiger partial charge in [0.2, 0.25) is 0 Å². The van der Waals surface area contributed by atoms with Crippen LogP contribution < -0.4 is 5.32 Å². The highest BCUT2D eigenvalue weighted by atomic mass is 14.9. The molecular formula is C12H20N2. The summed E-state index contributed by atoms with van der Waals surface area (Å²) in [4.78, 5) is 0. The molecule has 2 saturated carbocycles. The fourth-order valence-corrected chi connectivity index (χ4v) is 3.25. The predicted molar refractivity (Wildman–Crippen MR) is 56.8 cm³/mol. The Morgan fingerprint density at radius 2 is 1.57 bits per heavy atom. The molecule has 2 nitrogen and oxygen atoms in total. The number of hydrogen-bond donors (Lipinski definition) is 1. The van der Waals surface area contributed by atoms with Gasteiger partial charge in [-0.1, -0.05) is 12.8 Å². The van der Waals surface area contributed by atoms with Crippen LogP contribution in [-0.2, 0) is 0 Å². The van der Waals surface area contributed by atoms with Gasteiger partial charge in [-0.05, 0) is 51.0 Å². The molecule has 0 aliphatic heterocycles. The Balaban J connectivity index is 2.01. The Bertz CT molecular complexity index is 236. The van der Waals surface area contributed by atoms with Crippen LogP contribution in [0.5, 0.6) is 0 Å². The number of nitrogens with one attached hydrogen (secondary N) is 1. The summed E-state index contributed by atoms with van der Waals surface area (Å²) < 4.78 is 0. The van der Waals surface area contributed by atoms with Crippen molar-refractivity contribution in [2.45, 2.75) is 56.9 Å². The normalized spacial score (nSPS) is 28.9. The summed E-state index contributed by atoms with van der Waals surface area (Å²) in [6.07, 6.45) is 10.3. The third kappa shape index (κ3) is 1.54. The minimum Gasteiger partial charge on any atom is -0.302 e. The lowest BCUT2D eigenvalue weighted by molar-refractivity contribution is 0.144. The first-order chi connectivity index (χ1) is 6.74. The molecule has 2 heteroatoms. The van der Waals surface area contributed by atoms with Crippen LogP contribution in [0.3, 0.4) is 0 Å². The first-order valence-corrected chi connectivity index (χ1v) is 5.84. The van der Waals surface area contributed by atoms with E-state index in [-0.39, 0.29) is 5.54 Å². The van der Waals surface area contributed by atoms with Gasteiger partial charge < -0.3 is 5.32 Å². The molecule has 1 N–H and O–H groups in total. The molecular weight excluding hydrogens is 172 g/mol. The largest absolute Gasteiger partial charge is 0.302 e. The Morgan fingerprint density at radius 3 is 2.00 bits per heavy atom. The fraction of sp³-hybridized carbons (Fsp3) is 0.917. The molecule has 0 aromatic heterocycles. The molecule has 2 rings (SSSR count). The van der Waals surface area contributed by atoms with Crippen molar-refractivity contribution in [1.29, 1.82) is 5.26 Å². The Hall–Kier alpha value is -0.550. The zero-order valence-corrected chi connectivity index (χ0v) is 9.10. The Kier molecular flexibility index (Phi) is 2.53. The highest BCUT2D eigenvalue weighted by molar-refractivity contribution is 5.11. The molecule has 2 fully saturated rings. The summed E-state index contributed by atoms with van der Waals surface area (Å²) in [5.74, 6) is 0. The summed E-state index contributed by atoms with van der Waals surface area (Å²) in [7, 11) is 1.93. The van der Waals surface area contributed by atoms with Crippen LogP contribution in [0.4, 0.5) is 0 Å². The minimum atomic E-state index is -0.201. The quantitative estimate of drug-likeness (QED) is 0.693. The second-order valence-electron chi connectivity index (χ2n) is 5.15. The first kappa shape index (κ1) is 9.98. The topological polar surface area (TPSA) is 35.8 Å². The number of hydrogen-bond acceptors (Lipinski definition) is 2. The molecule has 0 aromatic rings. The van der Waals surface area contributed by atoms with Gasteiger partial charge in [0.05, 0.1) is 6.07 Å². The summed E-state index contributed by atoms with van der Waals surface area (Å²) in [5, 5.41) is 12.4. The summed E-state index contributed by atoms with van der Waals surface area (Å²) in [6.45, 7) is 0. The van der Waals surface area contributed by atoms with Gasteiger partial charge in [0.15, 0.2) is 0 Å². The summed E-state index contributed by atoms with van der Waals surface area (Å²) in [6, 6.07) is 2.46. The number of nitriles is 1. The van der Waals surface area contributed by atoms with Gasteiger partial charge in [-0.3, -0.25) is 0 Å². The fourth-order valence-electron chi connectivity index (χ4n) is 3.25. The SMILES string of the molecule is CNC1(C#N)CCC2(CCCC2)CC1. The van der Waals surface area contributed by atoms with Gasteiger partial charge in [0.25, 0.3) is 0 Å². The van der Waals surface area contributed by atoms with Crippen LogP contribution in [0.25, 0.3) is 0 Å². The van der Waals surface area contributed by atoms with Crippen molar-refractivity contribution in [2.75, 3.05) is 7.05 Å². The lowest BCUT2D eigenvalue weighted by atomic mass is 9.67. The van der Waals surface area contributed by atoms with Crippen LogP contribution in [0, 0.1) is 16.7 Å². The van der Waals surface area contributed by atoms with E-state index < -0.39 is 0 Å². The van der Waals surface area contributed by atoms with Crippen molar-refractivity contribution in [3.63, 3.8) is 0 Å². The second kappa shape index (κ2) is 3.55. The molecule has 0 atom stereocenters. The maximum atomic E-state index is 9.16. The van der Waals surface area contributed by atoms with E-state index in [1.807, 2.05) is 7.05 Å². The average Bonchev–Trinajstić information content (AvgIpc) is 2.69. The van der Waals surface area contributed by atoms with Crippen molar-refractivity contribution < 1.29 is 0 Å². The summed E-state index contributed by atoms with van der Waals surface area (Å²) >= 11 is 0. The maximum absolute atomic E-state index is 9.16. The van der Waals surface area contributed by atoms with Crippen molar-refractivity contribution in [2.24, 2.45) is 5.41 Å². The molecule has 78 valence electrons. The van der Waals surface area contributed by atoms with Crippen LogP contribution in [0.1, 0.15) is 51.4 Å². The lowest BCUT2D eigenvalue weighted by Gasteiger charge is -2.41. The summed E-state index contributed by atoms with van der Waals surface area (Å²) in [5.41, 5.74) is 0.436. The molecule has 0 radical (unpaired) electrons. The number of rotatable bonds is 1. The van der Waals surface area contributed by atoms with Crippen molar-refractivity contribution in [3.8, 4) is 6.07 Å². The van der Waals surface area contributed by atoms with E-state index >= 15 is 0 Å². The molecule has 2 aliphatic rings. The van der Waals surface area contributed by atoms with Gasteiger partial charge >= 0.3 is 0 Å². The highest BCUT2D eigenvalue weighted by Gasteiger charge is 2.43. The van der Waals surface area contributed by atoms with Gasteiger partial charge in [-0.2, -0.15) is 5.26 Å². The average molecular weight is 192 g/mol. The van der Waals surface area contributed by atoms with Crippen LogP contribution in [0.2, 0.25) is 0 Å². The van der Waals surface area contributed by atoms with E-state index in [1.165, 1.54) is 38.5 Å². The minimum absolute atomic E-state index is 0.201. The van der Waals surface area contributed by atoms with Gasteiger partial charge in [-0.15, -0.1) is 0 Å². The molecule has 0 amide bonds. The van der Waals surface area contributed by atoms with E-state index in [9.17, 15) is 0 Å². The maximum Gasteiger partial charge on any atom is 0.106 e. The van der Waals surface area contributed by atoms with Gasteiger partial charge in [-0.25, -0.2) is 0 Å². The van der Waals surface area contributed by atoms with Crippen LogP contribution in [0.15, 0.2) is 0 Å². The van der Waals surface area contributed by atoms with E-state index in [0.717, 1.165) is 12.8 Å². The van der Waals surface area contributed by atoms with Crippen molar-refractivity contribution >= 4 is 0 Å². The molecule has 0 aromatic carbocycles. The van der Waals surface area contributed by atoms with E-state index in [1.54, 1.807) is 0 Å². The lowest BCUT2D eigenvalue weighted by Crippen LogP contribution is -2.46. The second-order valence-corrected chi connectivity index (χ2v) is 5.15.